The minimum Gasteiger partial charge on any atom is -0.389 e. The molecule has 1 fully saturated rings. The average Bonchev–Trinajstić information content (AvgIpc) is 2.74. The number of hydrogen-bond donors (Lipinski definition) is 3. The van der Waals surface area contributed by atoms with Crippen molar-refractivity contribution >= 4 is 27.6 Å². The summed E-state index contributed by atoms with van der Waals surface area (Å²) >= 11 is 0. The van der Waals surface area contributed by atoms with E-state index in [1.807, 2.05) is 0 Å². The second-order valence-corrected chi connectivity index (χ2v) is 8.50. The lowest BCUT2D eigenvalue weighted by atomic mass is 10.2. The molecule has 0 saturated carbocycles. The third-order valence-electron chi connectivity index (χ3n) is 4.54. The summed E-state index contributed by atoms with van der Waals surface area (Å²) < 4.78 is 31.4. The topological polar surface area (TPSA) is 131 Å². The Labute approximate surface area is 175 Å². The standard InChI is InChI=1S/C20H24N4O5S/c21-18(23-30(27,28)17-4-2-1-3-5-17)14-19(25)29-20(26)15-6-8-16(9-7-15)24-12-10-22-11-13-24/h1-9,18,22-23H,10-14,21H2/t18-/m0/s1. The highest BCUT2D eigenvalue weighted by Crippen LogP contribution is 2.16. The average molecular weight is 433 g/mol. The van der Waals surface area contributed by atoms with E-state index in [1.165, 1.54) is 12.1 Å². The summed E-state index contributed by atoms with van der Waals surface area (Å²) in [6.07, 6.45) is -1.72. The lowest BCUT2D eigenvalue weighted by Gasteiger charge is -2.29. The van der Waals surface area contributed by atoms with Crippen LogP contribution in [0, 0.1) is 0 Å². The maximum Gasteiger partial charge on any atom is 0.345 e. The van der Waals surface area contributed by atoms with Crippen molar-refractivity contribution in [2.75, 3.05) is 31.1 Å². The molecule has 0 radical (unpaired) electrons. The molecule has 4 N–H and O–H groups in total. The van der Waals surface area contributed by atoms with E-state index in [2.05, 4.69) is 14.9 Å². The van der Waals surface area contributed by atoms with Gasteiger partial charge in [0.05, 0.1) is 23.0 Å². The molecule has 2 aromatic carbocycles. The Balaban J connectivity index is 1.52. The van der Waals surface area contributed by atoms with Crippen molar-refractivity contribution in [3.05, 3.63) is 60.2 Å². The van der Waals surface area contributed by atoms with Crippen molar-refractivity contribution in [3.63, 3.8) is 0 Å². The zero-order valence-electron chi connectivity index (χ0n) is 16.3. The molecule has 0 unspecified atom stereocenters. The molecular weight excluding hydrogens is 408 g/mol. The summed E-state index contributed by atoms with van der Waals surface area (Å²) in [5, 5.41) is 3.27. The molecule has 0 aromatic heterocycles. The highest BCUT2D eigenvalue weighted by atomic mass is 32.2. The summed E-state index contributed by atoms with van der Waals surface area (Å²) in [6, 6.07) is 14.4. The van der Waals surface area contributed by atoms with Crippen LogP contribution in [0.4, 0.5) is 5.69 Å². The van der Waals surface area contributed by atoms with Gasteiger partial charge in [-0.2, -0.15) is 4.72 Å². The number of carbonyl (C=O) groups is 2. The van der Waals surface area contributed by atoms with Crippen LogP contribution in [0.25, 0.3) is 0 Å². The molecule has 2 aromatic rings. The highest BCUT2D eigenvalue weighted by Gasteiger charge is 2.22. The number of esters is 2. The van der Waals surface area contributed by atoms with Crippen molar-refractivity contribution in [3.8, 4) is 0 Å². The van der Waals surface area contributed by atoms with Gasteiger partial charge in [-0.05, 0) is 36.4 Å². The molecule has 1 aliphatic rings. The van der Waals surface area contributed by atoms with E-state index < -0.39 is 34.5 Å². The molecule has 0 amide bonds. The quantitative estimate of drug-likeness (QED) is 0.326. The Hall–Kier alpha value is -2.79. The highest BCUT2D eigenvalue weighted by molar-refractivity contribution is 7.89. The molecule has 160 valence electrons. The van der Waals surface area contributed by atoms with Gasteiger partial charge in [0.1, 0.15) is 0 Å². The molecule has 3 rings (SSSR count). The van der Waals surface area contributed by atoms with Gasteiger partial charge in [0.2, 0.25) is 10.0 Å². The summed E-state index contributed by atoms with van der Waals surface area (Å²) in [5.74, 6) is -1.74. The SMILES string of the molecule is N[C@H](CC(=O)OC(=O)c1ccc(N2CCNCC2)cc1)NS(=O)(=O)c1ccccc1. The van der Waals surface area contributed by atoms with Crippen LogP contribution in [-0.2, 0) is 19.6 Å². The first-order valence-electron chi connectivity index (χ1n) is 9.49. The maximum absolute atomic E-state index is 12.2. The van der Waals surface area contributed by atoms with E-state index in [0.717, 1.165) is 31.9 Å². The van der Waals surface area contributed by atoms with Gasteiger partial charge >= 0.3 is 11.9 Å². The Morgan fingerprint density at radius 3 is 2.33 bits per heavy atom. The van der Waals surface area contributed by atoms with Crippen molar-refractivity contribution in [2.45, 2.75) is 17.5 Å². The molecule has 9 nitrogen and oxygen atoms in total. The predicted octanol–water partition coefficient (Wildman–Crippen LogP) is 0.433. The van der Waals surface area contributed by atoms with E-state index in [9.17, 15) is 18.0 Å². The third-order valence-corrected chi connectivity index (χ3v) is 6.04. The molecule has 0 aliphatic carbocycles. The van der Waals surface area contributed by atoms with Crippen LogP contribution in [-0.4, -0.2) is 52.7 Å². The smallest absolute Gasteiger partial charge is 0.345 e. The first-order valence-corrected chi connectivity index (χ1v) is 11.0. The van der Waals surface area contributed by atoms with Crippen molar-refractivity contribution in [1.82, 2.24) is 10.0 Å². The molecule has 30 heavy (non-hydrogen) atoms. The van der Waals surface area contributed by atoms with Crippen LogP contribution in [0.1, 0.15) is 16.8 Å². The molecular formula is C20H24N4O5S. The van der Waals surface area contributed by atoms with E-state index in [1.54, 1.807) is 42.5 Å². The number of hydrogen-bond acceptors (Lipinski definition) is 8. The van der Waals surface area contributed by atoms with Gasteiger partial charge in [-0.1, -0.05) is 18.2 Å². The predicted molar refractivity (Wildman–Crippen MR) is 111 cm³/mol. The van der Waals surface area contributed by atoms with Gasteiger partial charge in [0, 0.05) is 31.9 Å². The second kappa shape index (κ2) is 9.81. The first kappa shape index (κ1) is 21.9. The monoisotopic (exact) mass is 432 g/mol. The van der Waals surface area contributed by atoms with Crippen LogP contribution >= 0.6 is 0 Å². The molecule has 1 aliphatic heterocycles. The zero-order valence-corrected chi connectivity index (χ0v) is 17.1. The maximum atomic E-state index is 12.2. The van der Waals surface area contributed by atoms with Crippen LogP contribution in [0.2, 0.25) is 0 Å². The molecule has 10 heteroatoms. The van der Waals surface area contributed by atoms with Crippen LogP contribution < -0.4 is 20.7 Å². The number of benzene rings is 2. The zero-order chi connectivity index (χ0) is 21.6. The number of nitrogens with zero attached hydrogens (tertiary/aromatic N) is 1. The van der Waals surface area contributed by atoms with Gasteiger partial charge in [-0.15, -0.1) is 0 Å². The minimum absolute atomic E-state index is 0.0227. The van der Waals surface area contributed by atoms with Gasteiger partial charge in [0.15, 0.2) is 0 Å². The summed E-state index contributed by atoms with van der Waals surface area (Å²) in [4.78, 5) is 26.4. The number of nitrogens with two attached hydrogens (primary N) is 1. The Morgan fingerprint density at radius 1 is 1.07 bits per heavy atom. The van der Waals surface area contributed by atoms with Gasteiger partial charge < -0.3 is 20.7 Å². The number of anilines is 1. The van der Waals surface area contributed by atoms with E-state index >= 15 is 0 Å². The van der Waals surface area contributed by atoms with Gasteiger partial charge in [-0.25, -0.2) is 13.2 Å². The number of rotatable bonds is 7. The number of piperazine rings is 1. The number of carbonyl (C=O) groups excluding carboxylic acids is 2. The number of nitrogens with one attached hydrogen (secondary N) is 2. The van der Waals surface area contributed by atoms with Gasteiger partial charge in [0.25, 0.3) is 0 Å². The van der Waals surface area contributed by atoms with Crippen LogP contribution in [0.15, 0.2) is 59.5 Å². The summed E-state index contributed by atoms with van der Waals surface area (Å²) in [5.41, 5.74) is 6.91. The van der Waals surface area contributed by atoms with Crippen LogP contribution in [0.5, 0.6) is 0 Å². The number of ether oxygens (including phenoxy) is 1. The van der Waals surface area contributed by atoms with E-state index in [-0.39, 0.29) is 10.5 Å². The lowest BCUT2D eigenvalue weighted by Crippen LogP contribution is -2.43. The van der Waals surface area contributed by atoms with Crippen molar-refractivity contribution < 1.29 is 22.7 Å². The fraction of sp³-hybridized carbons (Fsp3) is 0.300. The summed E-state index contributed by atoms with van der Waals surface area (Å²) in [6.45, 7) is 3.54. The Bertz CT molecular complexity index is 974. The molecule has 0 spiro atoms. The minimum atomic E-state index is -3.88. The van der Waals surface area contributed by atoms with E-state index in [4.69, 9.17) is 10.5 Å². The second-order valence-electron chi connectivity index (χ2n) is 6.79. The molecule has 1 saturated heterocycles. The van der Waals surface area contributed by atoms with Gasteiger partial charge in [-0.3, -0.25) is 4.79 Å². The fourth-order valence-electron chi connectivity index (χ4n) is 3.02. The summed E-state index contributed by atoms with van der Waals surface area (Å²) in [7, 11) is -3.88. The fourth-order valence-corrected chi connectivity index (χ4v) is 4.16. The Morgan fingerprint density at radius 2 is 1.70 bits per heavy atom. The largest absolute Gasteiger partial charge is 0.389 e. The van der Waals surface area contributed by atoms with Crippen molar-refractivity contribution in [1.29, 1.82) is 0 Å². The molecule has 1 atom stereocenters. The van der Waals surface area contributed by atoms with Crippen LogP contribution in [0.3, 0.4) is 0 Å². The van der Waals surface area contributed by atoms with E-state index in [0.29, 0.717) is 0 Å². The van der Waals surface area contributed by atoms with Crippen molar-refractivity contribution in [2.24, 2.45) is 5.73 Å². The molecule has 0 bridgehead atoms. The third kappa shape index (κ3) is 5.86. The Kier molecular flexibility index (Phi) is 7.16. The molecule has 1 heterocycles. The lowest BCUT2D eigenvalue weighted by molar-refractivity contribution is -0.138. The number of sulfonamides is 1. The normalized spacial score (nSPS) is 15.4. The first-order chi connectivity index (χ1) is 14.3.